The first-order chi connectivity index (χ1) is 18.1. The van der Waals surface area contributed by atoms with Gasteiger partial charge in [0.05, 0.1) is 5.92 Å². The monoisotopic (exact) mass is 500 g/mol. The zero-order chi connectivity index (χ0) is 25.1. The molecule has 3 saturated heterocycles. The highest BCUT2D eigenvalue weighted by Gasteiger charge is 2.63. The Balaban J connectivity index is 1.26. The summed E-state index contributed by atoms with van der Waals surface area (Å²) in [6.45, 7) is 1.95. The third kappa shape index (κ3) is 3.73. The van der Waals surface area contributed by atoms with Crippen molar-refractivity contribution in [2.75, 3.05) is 13.3 Å². The Morgan fingerprint density at radius 1 is 0.973 bits per heavy atom. The van der Waals surface area contributed by atoms with Crippen LogP contribution in [0.1, 0.15) is 67.7 Å². The Morgan fingerprint density at radius 3 is 2.54 bits per heavy atom. The molecule has 7 nitrogen and oxygen atoms in total. The zero-order valence-corrected chi connectivity index (χ0v) is 21.3. The number of nitrogen functional groups attached to an aromatic ring is 1. The summed E-state index contributed by atoms with van der Waals surface area (Å²) in [5.74, 6) is 2.88. The quantitative estimate of drug-likeness (QED) is 0.468. The minimum Gasteiger partial charge on any atom is -0.454 e. The van der Waals surface area contributed by atoms with Gasteiger partial charge in [-0.1, -0.05) is 49.6 Å². The van der Waals surface area contributed by atoms with Crippen molar-refractivity contribution in [2.45, 2.75) is 69.6 Å². The highest BCUT2D eigenvalue weighted by Crippen LogP contribution is 2.57. The lowest BCUT2D eigenvalue weighted by Gasteiger charge is -2.39. The average Bonchev–Trinajstić information content (AvgIpc) is 3.68. The Labute approximate surface area is 218 Å². The van der Waals surface area contributed by atoms with Gasteiger partial charge in [-0.05, 0) is 61.4 Å². The molecule has 7 rings (SSSR count). The lowest BCUT2D eigenvalue weighted by atomic mass is 9.74. The molecule has 5 aliphatic rings. The maximum absolute atomic E-state index is 14.5. The fourth-order valence-electron chi connectivity index (χ4n) is 8.24. The van der Waals surface area contributed by atoms with Crippen molar-refractivity contribution in [3.05, 3.63) is 59.2 Å². The molecule has 4 aliphatic heterocycles. The van der Waals surface area contributed by atoms with Gasteiger partial charge in [0.25, 0.3) is 0 Å². The minimum absolute atomic E-state index is 0.0191. The van der Waals surface area contributed by atoms with Gasteiger partial charge in [0.1, 0.15) is 5.84 Å². The molecule has 0 spiro atoms. The van der Waals surface area contributed by atoms with Crippen LogP contribution in [0.4, 0.5) is 0 Å². The summed E-state index contributed by atoms with van der Waals surface area (Å²) < 4.78 is 11.2. The van der Waals surface area contributed by atoms with Crippen LogP contribution in [0.25, 0.3) is 0 Å². The van der Waals surface area contributed by atoms with E-state index in [0.717, 1.165) is 29.2 Å². The van der Waals surface area contributed by atoms with Gasteiger partial charge in [-0.2, -0.15) is 0 Å². The predicted octanol–water partition coefficient (Wildman–Crippen LogP) is 4.44. The maximum Gasteiger partial charge on any atom is 0.231 e. The second-order valence-corrected chi connectivity index (χ2v) is 11.6. The van der Waals surface area contributed by atoms with Crippen LogP contribution in [0.2, 0.25) is 0 Å². The second kappa shape index (κ2) is 9.05. The number of nitrogens with zero attached hydrogens (tertiary/aromatic N) is 2. The first kappa shape index (κ1) is 23.1. The van der Waals surface area contributed by atoms with Crippen molar-refractivity contribution >= 4 is 11.7 Å². The van der Waals surface area contributed by atoms with Crippen LogP contribution in [-0.2, 0) is 11.3 Å². The van der Waals surface area contributed by atoms with Gasteiger partial charge in [0.15, 0.2) is 11.5 Å². The molecule has 0 bridgehead atoms. The van der Waals surface area contributed by atoms with Crippen LogP contribution in [-0.4, -0.2) is 47.0 Å². The van der Waals surface area contributed by atoms with Crippen molar-refractivity contribution in [1.29, 1.82) is 5.41 Å². The number of likely N-dealkylation sites (tertiary alicyclic amines) is 1. The third-order valence-corrected chi connectivity index (χ3v) is 9.71. The normalized spacial score (nSPS) is 31.1. The molecule has 1 amide bonds. The molecule has 4 heterocycles. The van der Waals surface area contributed by atoms with E-state index in [1.54, 1.807) is 0 Å². The van der Waals surface area contributed by atoms with Crippen LogP contribution >= 0.6 is 0 Å². The number of hydrogen-bond donors (Lipinski definition) is 2. The second-order valence-electron chi connectivity index (χ2n) is 11.6. The van der Waals surface area contributed by atoms with Crippen molar-refractivity contribution < 1.29 is 14.3 Å². The first-order valence-corrected chi connectivity index (χ1v) is 14.0. The highest BCUT2D eigenvalue weighted by molar-refractivity contribution is 5.95. The summed E-state index contributed by atoms with van der Waals surface area (Å²) >= 11 is 0. The number of nitrogens with two attached hydrogens (primary N) is 1. The van der Waals surface area contributed by atoms with E-state index in [1.165, 1.54) is 50.5 Å². The van der Waals surface area contributed by atoms with Crippen molar-refractivity contribution in [3.63, 3.8) is 0 Å². The minimum atomic E-state index is -0.0191. The molecule has 4 fully saturated rings. The highest BCUT2D eigenvalue weighted by atomic mass is 16.7. The molecule has 0 aromatic heterocycles. The average molecular weight is 501 g/mol. The number of hydrogen-bond acceptors (Lipinski definition) is 5. The van der Waals surface area contributed by atoms with Gasteiger partial charge in [-0.15, -0.1) is 0 Å². The lowest BCUT2D eigenvalue weighted by Crippen LogP contribution is -2.46. The van der Waals surface area contributed by atoms with Crippen LogP contribution in [0.15, 0.2) is 42.5 Å². The number of nitrogens with one attached hydrogen (secondary N) is 1. The number of carbonyl (C=O) groups is 1. The van der Waals surface area contributed by atoms with Gasteiger partial charge < -0.3 is 20.1 Å². The number of rotatable bonds is 5. The number of fused-ring (bicyclic) bond motifs is 4. The Hall–Kier alpha value is -3.06. The van der Waals surface area contributed by atoms with Gasteiger partial charge in [0, 0.05) is 36.2 Å². The van der Waals surface area contributed by atoms with E-state index >= 15 is 0 Å². The van der Waals surface area contributed by atoms with Gasteiger partial charge in [0.2, 0.25) is 12.7 Å². The van der Waals surface area contributed by atoms with Gasteiger partial charge in [-0.3, -0.25) is 15.1 Å². The molecule has 0 radical (unpaired) electrons. The molecular formula is C30H36N4O3. The number of amides is 1. The third-order valence-electron chi connectivity index (χ3n) is 9.71. The number of benzene rings is 2. The predicted molar refractivity (Wildman–Crippen MR) is 140 cm³/mol. The number of amidine groups is 1. The largest absolute Gasteiger partial charge is 0.454 e. The Morgan fingerprint density at radius 2 is 1.76 bits per heavy atom. The summed E-state index contributed by atoms with van der Waals surface area (Å²) in [5.41, 5.74) is 8.77. The van der Waals surface area contributed by atoms with Gasteiger partial charge >= 0.3 is 0 Å². The standard InChI is InChI=1S/C30H36N4O3/c31-29(32)21-11-9-20(10-12-21)28-26-25(22-7-4-14-33(22)28)27(19-5-2-1-3-6-19)34(30(26)35)16-18-8-13-23-24(15-18)37-17-36-23/h8-13,15,19,22,25-28H,1-7,14,16-17H2,(H3,31,32)/t22-,25-,26-,27+,28?/m0/s1. The SMILES string of the molecule is N=C(N)c1ccc(C2[C@H]3C(=O)N(Cc4ccc5c(c4)OCO5)[C@H](C4CCCCC4)[C@H]3[C@@H]3CCCN23)cc1. The van der Waals surface area contributed by atoms with Crippen molar-refractivity contribution in [3.8, 4) is 11.5 Å². The van der Waals surface area contributed by atoms with Crippen molar-refractivity contribution in [1.82, 2.24) is 9.80 Å². The zero-order valence-electron chi connectivity index (χ0n) is 21.3. The molecule has 1 aliphatic carbocycles. The van der Waals surface area contributed by atoms with E-state index in [9.17, 15) is 4.79 Å². The number of ether oxygens (including phenoxy) is 2. The van der Waals surface area contributed by atoms with E-state index in [4.69, 9.17) is 20.6 Å². The molecule has 194 valence electrons. The van der Waals surface area contributed by atoms with Crippen LogP contribution in [0.5, 0.6) is 11.5 Å². The molecule has 2 aromatic rings. The molecule has 7 heteroatoms. The Kier molecular flexibility index (Phi) is 5.65. The van der Waals surface area contributed by atoms with Gasteiger partial charge in [-0.25, -0.2) is 0 Å². The molecular weight excluding hydrogens is 464 g/mol. The summed E-state index contributed by atoms with van der Waals surface area (Å²) in [6.07, 6.45) is 8.69. The summed E-state index contributed by atoms with van der Waals surface area (Å²) in [5, 5.41) is 7.79. The van der Waals surface area contributed by atoms with E-state index < -0.39 is 0 Å². The van der Waals surface area contributed by atoms with E-state index in [0.29, 0.717) is 30.3 Å². The van der Waals surface area contributed by atoms with Crippen molar-refractivity contribution in [2.24, 2.45) is 23.5 Å². The molecule has 37 heavy (non-hydrogen) atoms. The molecule has 1 saturated carbocycles. The summed E-state index contributed by atoms with van der Waals surface area (Å²) in [7, 11) is 0. The summed E-state index contributed by atoms with van der Waals surface area (Å²) in [6, 6.07) is 15.1. The maximum atomic E-state index is 14.5. The molecule has 1 unspecified atom stereocenters. The topological polar surface area (TPSA) is 91.9 Å². The first-order valence-electron chi connectivity index (χ1n) is 14.0. The fraction of sp³-hybridized carbons (Fsp3) is 0.533. The summed E-state index contributed by atoms with van der Waals surface area (Å²) in [4.78, 5) is 19.4. The Bertz CT molecular complexity index is 1210. The van der Waals surface area contributed by atoms with Crippen LogP contribution in [0, 0.1) is 23.2 Å². The molecule has 2 aromatic carbocycles. The van der Waals surface area contributed by atoms with E-state index in [1.807, 2.05) is 18.2 Å². The smallest absolute Gasteiger partial charge is 0.231 e. The lowest BCUT2D eigenvalue weighted by molar-refractivity contribution is -0.134. The van der Waals surface area contributed by atoms with E-state index in [-0.39, 0.29) is 30.6 Å². The fourth-order valence-corrected chi connectivity index (χ4v) is 8.24. The van der Waals surface area contributed by atoms with Crippen LogP contribution < -0.4 is 15.2 Å². The number of carbonyl (C=O) groups excluding carboxylic acids is 1. The van der Waals surface area contributed by atoms with E-state index in [2.05, 4.69) is 34.1 Å². The molecule has 5 atom stereocenters. The van der Waals surface area contributed by atoms with Crippen LogP contribution in [0.3, 0.4) is 0 Å². The molecule has 3 N–H and O–H groups in total.